The molecule has 0 unspecified atom stereocenters. The molecule has 0 fully saturated rings. The lowest BCUT2D eigenvalue weighted by Gasteiger charge is -2.08. The monoisotopic (exact) mass is 569 g/mol. The Balaban J connectivity index is 1.69. The number of nitrogens with two attached hydrogens (primary N) is 1. The van der Waals surface area contributed by atoms with Crippen molar-refractivity contribution in [2.24, 2.45) is 20.5 Å². The van der Waals surface area contributed by atoms with Gasteiger partial charge < -0.3 is 10.5 Å². The Morgan fingerprint density at radius 2 is 1.33 bits per heavy atom. The fraction of sp³-hybridized carbons (Fsp3) is 0.120. The average molecular weight is 570 g/mol. The number of nitrogens with zero attached hydrogens (tertiary/aromatic N) is 4. The normalized spacial score (nSPS) is 12.5. The van der Waals surface area contributed by atoms with E-state index in [1.807, 2.05) is 6.92 Å². The first-order chi connectivity index (χ1) is 18.3. The van der Waals surface area contributed by atoms with E-state index in [-0.39, 0.29) is 11.1 Å². The van der Waals surface area contributed by atoms with Crippen molar-refractivity contribution >= 4 is 59.4 Å². The van der Waals surface area contributed by atoms with Gasteiger partial charge in [0.25, 0.3) is 20.2 Å². The standard InChI is InChI=1S/C25H23N5O7S2/c1-14-10-17(6-9-21(14)28-30-23-13-24(37-3)20(26)11-15(23)2)27-29-22-8-5-16-4-7-18(38(31,32)33)12-19(16)25(22)39(34,35)36/h4-13H,26H2,1-3H3,(H,31,32,33)(H,34,35,36). The zero-order valence-electron chi connectivity index (χ0n) is 20.9. The van der Waals surface area contributed by atoms with Gasteiger partial charge in [-0.3, -0.25) is 9.11 Å². The van der Waals surface area contributed by atoms with Gasteiger partial charge in [-0.2, -0.15) is 32.2 Å². The number of aryl methyl sites for hydroxylation is 2. The van der Waals surface area contributed by atoms with Gasteiger partial charge in [-0.05, 0) is 72.8 Å². The third kappa shape index (κ3) is 6.09. The molecule has 12 nitrogen and oxygen atoms in total. The molecular weight excluding hydrogens is 546 g/mol. The van der Waals surface area contributed by atoms with Gasteiger partial charge in [-0.15, -0.1) is 5.11 Å². The van der Waals surface area contributed by atoms with Crippen molar-refractivity contribution in [3.63, 3.8) is 0 Å². The third-order valence-corrected chi connectivity index (χ3v) is 7.54. The SMILES string of the molecule is COc1cc(N=Nc2ccc(N=Nc3ccc4ccc(S(=O)(=O)O)cc4c3S(=O)(=O)O)cc2C)c(C)cc1N. The van der Waals surface area contributed by atoms with Crippen molar-refractivity contribution in [2.45, 2.75) is 23.6 Å². The lowest BCUT2D eigenvalue weighted by molar-refractivity contribution is 0.417. The van der Waals surface area contributed by atoms with E-state index >= 15 is 0 Å². The van der Waals surface area contributed by atoms with Crippen LogP contribution in [0.5, 0.6) is 5.75 Å². The minimum absolute atomic E-state index is 0.148. The Bertz CT molecular complexity index is 1890. The number of hydrogen-bond donors (Lipinski definition) is 3. The Kier molecular flexibility index (Phi) is 7.48. The number of rotatable bonds is 7. The smallest absolute Gasteiger partial charge is 0.297 e. The molecule has 0 heterocycles. The molecule has 0 bridgehead atoms. The van der Waals surface area contributed by atoms with Gasteiger partial charge in [-0.1, -0.05) is 12.1 Å². The molecule has 0 atom stereocenters. The summed E-state index contributed by atoms with van der Waals surface area (Å²) < 4.78 is 72.0. The molecule has 0 saturated carbocycles. The van der Waals surface area contributed by atoms with E-state index < -0.39 is 30.0 Å². The molecule has 4 N–H and O–H groups in total. The van der Waals surface area contributed by atoms with Crippen molar-refractivity contribution in [1.29, 1.82) is 0 Å². The largest absolute Gasteiger partial charge is 0.495 e. The van der Waals surface area contributed by atoms with Crippen molar-refractivity contribution in [1.82, 2.24) is 0 Å². The number of hydrogen-bond acceptors (Lipinski definition) is 10. The highest BCUT2D eigenvalue weighted by Crippen LogP contribution is 2.36. The molecule has 4 aromatic rings. The predicted octanol–water partition coefficient (Wildman–Crippen LogP) is 6.37. The third-order valence-electron chi connectivity index (χ3n) is 5.75. The molecule has 0 aliphatic carbocycles. The second-order valence-corrected chi connectivity index (χ2v) is 11.3. The predicted molar refractivity (Wildman–Crippen MR) is 145 cm³/mol. The lowest BCUT2D eigenvalue weighted by Crippen LogP contribution is -2.02. The van der Waals surface area contributed by atoms with E-state index in [0.29, 0.717) is 39.4 Å². The number of azo groups is 2. The molecular formula is C25H23N5O7S2. The quantitative estimate of drug-likeness (QED) is 0.130. The highest BCUT2D eigenvalue weighted by atomic mass is 32.2. The molecule has 4 aromatic carbocycles. The van der Waals surface area contributed by atoms with Gasteiger partial charge in [0, 0.05) is 11.5 Å². The first-order valence-corrected chi connectivity index (χ1v) is 14.1. The number of ether oxygens (including phenoxy) is 1. The summed E-state index contributed by atoms with van der Waals surface area (Å²) in [4.78, 5) is -1.19. The molecule has 14 heteroatoms. The summed E-state index contributed by atoms with van der Waals surface area (Å²) in [6, 6.07) is 14.5. The summed E-state index contributed by atoms with van der Waals surface area (Å²) in [6.07, 6.45) is 0. The molecule has 0 aliphatic rings. The van der Waals surface area contributed by atoms with Crippen LogP contribution in [0.1, 0.15) is 11.1 Å². The summed E-state index contributed by atoms with van der Waals surface area (Å²) >= 11 is 0. The summed E-state index contributed by atoms with van der Waals surface area (Å²) in [6.45, 7) is 3.62. The van der Waals surface area contributed by atoms with Crippen LogP contribution >= 0.6 is 0 Å². The highest BCUT2D eigenvalue weighted by molar-refractivity contribution is 7.86. The fourth-order valence-electron chi connectivity index (χ4n) is 3.79. The average Bonchev–Trinajstić information content (AvgIpc) is 2.85. The molecule has 202 valence electrons. The topological polar surface area (TPSA) is 193 Å². The van der Waals surface area contributed by atoms with E-state index in [4.69, 9.17) is 10.5 Å². The second kappa shape index (κ2) is 10.5. The van der Waals surface area contributed by atoms with Crippen molar-refractivity contribution in [2.75, 3.05) is 12.8 Å². The molecule has 0 aromatic heterocycles. The Morgan fingerprint density at radius 1 is 0.718 bits per heavy atom. The van der Waals surface area contributed by atoms with Gasteiger partial charge in [-0.25, -0.2) is 0 Å². The minimum Gasteiger partial charge on any atom is -0.495 e. The van der Waals surface area contributed by atoms with Crippen LogP contribution in [0.25, 0.3) is 10.8 Å². The molecule has 0 radical (unpaired) electrons. The van der Waals surface area contributed by atoms with E-state index in [1.54, 1.807) is 37.3 Å². The van der Waals surface area contributed by atoms with E-state index in [1.165, 1.54) is 25.3 Å². The molecule has 39 heavy (non-hydrogen) atoms. The molecule has 0 amide bonds. The Morgan fingerprint density at radius 3 is 1.97 bits per heavy atom. The van der Waals surface area contributed by atoms with Crippen LogP contribution in [0.4, 0.5) is 28.4 Å². The van der Waals surface area contributed by atoms with Gasteiger partial charge in [0.2, 0.25) is 0 Å². The number of fused-ring (bicyclic) bond motifs is 1. The summed E-state index contributed by atoms with van der Waals surface area (Å²) in [7, 11) is -7.98. The fourth-order valence-corrected chi connectivity index (χ4v) is 5.12. The number of benzene rings is 4. The van der Waals surface area contributed by atoms with Crippen molar-refractivity contribution in [3.05, 3.63) is 71.8 Å². The maximum absolute atomic E-state index is 12.2. The van der Waals surface area contributed by atoms with Crippen LogP contribution in [-0.4, -0.2) is 33.1 Å². The van der Waals surface area contributed by atoms with E-state index in [0.717, 1.165) is 17.7 Å². The number of methoxy groups -OCH3 is 1. The molecule has 4 rings (SSSR count). The summed E-state index contributed by atoms with van der Waals surface area (Å²) in [5.74, 6) is 0.481. The van der Waals surface area contributed by atoms with Crippen LogP contribution in [0.15, 0.2) is 90.9 Å². The van der Waals surface area contributed by atoms with Gasteiger partial charge in [0.15, 0.2) is 0 Å². The lowest BCUT2D eigenvalue weighted by atomic mass is 10.1. The second-order valence-electron chi connectivity index (χ2n) is 8.50. The van der Waals surface area contributed by atoms with Gasteiger partial charge in [0.1, 0.15) is 16.3 Å². The molecule has 0 spiro atoms. The minimum atomic E-state index is -4.86. The van der Waals surface area contributed by atoms with Crippen LogP contribution in [0.2, 0.25) is 0 Å². The van der Waals surface area contributed by atoms with Gasteiger partial charge >= 0.3 is 0 Å². The number of anilines is 1. The van der Waals surface area contributed by atoms with Crippen molar-refractivity contribution in [3.8, 4) is 5.75 Å². The van der Waals surface area contributed by atoms with E-state index in [9.17, 15) is 25.9 Å². The summed E-state index contributed by atoms with van der Waals surface area (Å²) in [5, 5.41) is 16.8. The molecule has 0 saturated heterocycles. The van der Waals surface area contributed by atoms with Crippen LogP contribution in [-0.2, 0) is 20.2 Å². The van der Waals surface area contributed by atoms with Crippen LogP contribution < -0.4 is 10.5 Å². The van der Waals surface area contributed by atoms with Crippen LogP contribution in [0, 0.1) is 13.8 Å². The maximum atomic E-state index is 12.2. The summed E-state index contributed by atoms with van der Waals surface area (Å²) in [5.41, 5.74) is 9.15. The Hall–Kier alpha value is -4.24. The van der Waals surface area contributed by atoms with Crippen LogP contribution in [0.3, 0.4) is 0 Å². The van der Waals surface area contributed by atoms with Crippen molar-refractivity contribution < 1.29 is 30.7 Å². The van der Waals surface area contributed by atoms with Gasteiger partial charge in [0.05, 0.1) is 34.8 Å². The number of nitrogen functional groups attached to an aromatic ring is 1. The van der Waals surface area contributed by atoms with E-state index in [2.05, 4.69) is 20.5 Å². The molecule has 0 aliphatic heterocycles. The highest BCUT2D eigenvalue weighted by Gasteiger charge is 2.22. The first kappa shape index (κ1) is 27.8. The first-order valence-electron chi connectivity index (χ1n) is 11.2. The Labute approximate surface area is 224 Å². The maximum Gasteiger partial charge on any atom is 0.297 e. The zero-order chi connectivity index (χ0) is 28.5. The zero-order valence-corrected chi connectivity index (χ0v) is 22.5.